The maximum Gasteiger partial charge on any atom is 0.407 e. The van der Waals surface area contributed by atoms with E-state index in [1.807, 2.05) is 45.0 Å². The van der Waals surface area contributed by atoms with Crippen molar-refractivity contribution in [3.8, 4) is 0 Å². The second kappa shape index (κ2) is 8.90. The lowest BCUT2D eigenvalue weighted by Crippen LogP contribution is -2.36. The van der Waals surface area contributed by atoms with Gasteiger partial charge < -0.3 is 24.7 Å². The van der Waals surface area contributed by atoms with Crippen molar-refractivity contribution in [2.24, 2.45) is 5.92 Å². The average Bonchev–Trinajstić information content (AvgIpc) is 3.28. The number of anilines is 2. The third kappa shape index (κ3) is 6.25. The van der Waals surface area contributed by atoms with Crippen molar-refractivity contribution in [1.29, 1.82) is 0 Å². The molecule has 1 aliphatic rings. The van der Waals surface area contributed by atoms with Crippen LogP contribution in [0, 0.1) is 5.92 Å². The Labute approximate surface area is 178 Å². The summed E-state index contributed by atoms with van der Waals surface area (Å²) in [5.41, 5.74) is 1.30. The first-order valence-electron chi connectivity index (χ1n) is 9.58. The highest BCUT2D eigenvalue weighted by atomic mass is 79.9. The van der Waals surface area contributed by atoms with Crippen LogP contribution in [0.5, 0.6) is 0 Å². The molecule has 1 unspecified atom stereocenters. The number of carbonyl (C=O) groups is 2. The molecular formula is C21H26BrN3O4. The Bertz CT molecular complexity index is 858. The van der Waals surface area contributed by atoms with Gasteiger partial charge in [0.1, 0.15) is 5.60 Å². The molecule has 0 spiro atoms. The zero-order chi connectivity index (χ0) is 21.0. The summed E-state index contributed by atoms with van der Waals surface area (Å²) >= 11 is 3.19. The molecule has 3 rings (SSSR count). The standard InChI is InChI=1S/C21H26BrN3O4/c1-21(2,3)29-20(27)23-12-14-10-11-25(13-14)16-6-4-15(5-7-16)24-19(26)17-8-9-18(22)28-17/h4-9,14H,10-13H2,1-3H3,(H,23,27)(H,24,26). The largest absolute Gasteiger partial charge is 0.444 e. The number of nitrogens with one attached hydrogen (secondary N) is 2. The van der Waals surface area contributed by atoms with Crippen LogP contribution in [0.3, 0.4) is 0 Å². The quantitative estimate of drug-likeness (QED) is 0.674. The summed E-state index contributed by atoms with van der Waals surface area (Å²) in [5.74, 6) is 0.332. The number of halogens is 1. The van der Waals surface area contributed by atoms with Gasteiger partial charge in [0.2, 0.25) is 0 Å². The number of hydrogen-bond acceptors (Lipinski definition) is 5. The molecule has 1 fully saturated rings. The molecule has 8 heteroatoms. The molecule has 1 atom stereocenters. The Morgan fingerprint density at radius 1 is 1.21 bits per heavy atom. The molecule has 0 aliphatic carbocycles. The van der Waals surface area contributed by atoms with E-state index in [1.54, 1.807) is 12.1 Å². The van der Waals surface area contributed by atoms with E-state index in [9.17, 15) is 9.59 Å². The first-order chi connectivity index (χ1) is 13.7. The summed E-state index contributed by atoms with van der Waals surface area (Å²) < 4.78 is 11.1. The molecule has 1 aromatic heterocycles. The number of carbonyl (C=O) groups excluding carboxylic acids is 2. The first-order valence-corrected chi connectivity index (χ1v) is 10.4. The van der Waals surface area contributed by atoms with Crippen LogP contribution in [0.1, 0.15) is 37.7 Å². The van der Waals surface area contributed by atoms with E-state index >= 15 is 0 Å². The summed E-state index contributed by atoms with van der Waals surface area (Å²) in [6, 6.07) is 11.0. The van der Waals surface area contributed by atoms with Crippen molar-refractivity contribution in [2.75, 3.05) is 29.9 Å². The molecule has 156 valence electrons. The van der Waals surface area contributed by atoms with Crippen molar-refractivity contribution in [3.05, 3.63) is 46.8 Å². The number of alkyl carbamates (subject to hydrolysis) is 1. The van der Waals surface area contributed by atoms with E-state index in [2.05, 4.69) is 31.5 Å². The lowest BCUT2D eigenvalue weighted by molar-refractivity contribution is 0.0520. The molecule has 1 saturated heterocycles. The van der Waals surface area contributed by atoms with E-state index < -0.39 is 5.60 Å². The summed E-state index contributed by atoms with van der Waals surface area (Å²) in [6.07, 6.45) is 0.626. The van der Waals surface area contributed by atoms with E-state index in [-0.39, 0.29) is 17.8 Å². The minimum Gasteiger partial charge on any atom is -0.444 e. The van der Waals surface area contributed by atoms with Gasteiger partial charge in [-0.25, -0.2) is 4.79 Å². The second-order valence-corrected chi connectivity index (χ2v) is 8.87. The Kier molecular flexibility index (Phi) is 6.52. The minimum atomic E-state index is -0.490. The number of furan rings is 1. The highest BCUT2D eigenvalue weighted by Crippen LogP contribution is 2.25. The highest BCUT2D eigenvalue weighted by Gasteiger charge is 2.24. The fourth-order valence-corrected chi connectivity index (χ4v) is 3.47. The van der Waals surface area contributed by atoms with Gasteiger partial charge in [0.05, 0.1) is 0 Å². The van der Waals surface area contributed by atoms with Crippen LogP contribution in [0.15, 0.2) is 45.5 Å². The van der Waals surface area contributed by atoms with Gasteiger partial charge >= 0.3 is 6.09 Å². The number of amides is 2. The smallest absolute Gasteiger partial charge is 0.407 e. The van der Waals surface area contributed by atoms with Gasteiger partial charge in [-0.05, 0) is 85.4 Å². The number of hydrogen-bond donors (Lipinski definition) is 2. The summed E-state index contributed by atoms with van der Waals surface area (Å²) in [6.45, 7) is 7.93. The predicted octanol–water partition coefficient (Wildman–Crippen LogP) is 4.65. The Hall–Kier alpha value is -2.48. The van der Waals surface area contributed by atoms with Crippen molar-refractivity contribution < 1.29 is 18.7 Å². The second-order valence-electron chi connectivity index (χ2n) is 8.09. The SMILES string of the molecule is CC(C)(C)OC(=O)NCC1CCN(c2ccc(NC(=O)c3ccc(Br)o3)cc2)C1. The zero-order valence-electron chi connectivity index (χ0n) is 16.8. The average molecular weight is 464 g/mol. The first kappa shape index (κ1) is 21.2. The van der Waals surface area contributed by atoms with Gasteiger partial charge in [0, 0.05) is 31.0 Å². The maximum atomic E-state index is 12.1. The van der Waals surface area contributed by atoms with Crippen LogP contribution in [-0.4, -0.2) is 37.2 Å². The van der Waals surface area contributed by atoms with Crippen LogP contribution in [0.4, 0.5) is 16.2 Å². The highest BCUT2D eigenvalue weighted by molar-refractivity contribution is 9.10. The summed E-state index contributed by atoms with van der Waals surface area (Å²) in [4.78, 5) is 26.2. The molecule has 0 saturated carbocycles. The number of benzene rings is 1. The monoisotopic (exact) mass is 463 g/mol. The fourth-order valence-electron chi connectivity index (χ4n) is 3.16. The molecule has 2 amide bonds. The van der Waals surface area contributed by atoms with E-state index in [0.717, 1.165) is 25.2 Å². The van der Waals surface area contributed by atoms with E-state index in [4.69, 9.17) is 9.15 Å². The maximum absolute atomic E-state index is 12.1. The van der Waals surface area contributed by atoms with Gasteiger partial charge in [-0.1, -0.05) is 0 Å². The van der Waals surface area contributed by atoms with Crippen LogP contribution >= 0.6 is 15.9 Å². The van der Waals surface area contributed by atoms with E-state index in [0.29, 0.717) is 22.8 Å². The molecular weight excluding hydrogens is 438 g/mol. The normalized spacial score (nSPS) is 16.6. The van der Waals surface area contributed by atoms with Crippen molar-refractivity contribution in [2.45, 2.75) is 32.8 Å². The molecule has 29 heavy (non-hydrogen) atoms. The van der Waals surface area contributed by atoms with Crippen LogP contribution in [-0.2, 0) is 4.74 Å². The predicted molar refractivity (Wildman–Crippen MR) is 115 cm³/mol. The molecule has 1 aliphatic heterocycles. The third-order valence-electron chi connectivity index (χ3n) is 4.51. The number of ether oxygens (including phenoxy) is 1. The van der Waals surface area contributed by atoms with Crippen LogP contribution in [0.25, 0.3) is 0 Å². The Morgan fingerprint density at radius 3 is 2.55 bits per heavy atom. The molecule has 0 bridgehead atoms. The van der Waals surface area contributed by atoms with Crippen molar-refractivity contribution in [3.63, 3.8) is 0 Å². The molecule has 2 heterocycles. The molecule has 0 radical (unpaired) electrons. The number of rotatable bonds is 5. The molecule has 2 aromatic rings. The van der Waals surface area contributed by atoms with Crippen LogP contribution in [0.2, 0.25) is 0 Å². The Morgan fingerprint density at radius 2 is 1.93 bits per heavy atom. The summed E-state index contributed by atoms with van der Waals surface area (Å²) in [5, 5.41) is 5.67. The van der Waals surface area contributed by atoms with Gasteiger partial charge in [-0.15, -0.1) is 0 Å². The van der Waals surface area contributed by atoms with Crippen LogP contribution < -0.4 is 15.5 Å². The van der Waals surface area contributed by atoms with Gasteiger partial charge in [-0.2, -0.15) is 0 Å². The Balaban J connectivity index is 1.48. The third-order valence-corrected chi connectivity index (χ3v) is 4.93. The van der Waals surface area contributed by atoms with Crippen molar-refractivity contribution >= 4 is 39.3 Å². The van der Waals surface area contributed by atoms with Crippen molar-refractivity contribution in [1.82, 2.24) is 5.32 Å². The molecule has 2 N–H and O–H groups in total. The lowest BCUT2D eigenvalue weighted by atomic mass is 10.1. The van der Waals surface area contributed by atoms with Gasteiger partial charge in [0.25, 0.3) is 5.91 Å². The lowest BCUT2D eigenvalue weighted by Gasteiger charge is -2.21. The zero-order valence-corrected chi connectivity index (χ0v) is 18.4. The number of nitrogens with zero attached hydrogens (tertiary/aromatic N) is 1. The molecule has 7 nitrogen and oxygen atoms in total. The molecule has 1 aromatic carbocycles. The fraction of sp³-hybridized carbons (Fsp3) is 0.429. The van der Waals surface area contributed by atoms with E-state index in [1.165, 1.54) is 0 Å². The van der Waals surface area contributed by atoms with Gasteiger partial charge in [0.15, 0.2) is 10.4 Å². The summed E-state index contributed by atoms with van der Waals surface area (Å²) in [7, 11) is 0. The van der Waals surface area contributed by atoms with Gasteiger partial charge in [-0.3, -0.25) is 4.79 Å². The minimum absolute atomic E-state index is 0.251. The topological polar surface area (TPSA) is 83.8 Å².